The van der Waals surface area contributed by atoms with Crippen LogP contribution in [0.3, 0.4) is 0 Å². The normalized spacial score (nSPS) is 32.1. The van der Waals surface area contributed by atoms with Gasteiger partial charge in [-0.3, -0.25) is 19.4 Å². The number of carboxylic acid groups (broad SMARTS) is 2. The molecule has 6 aliphatic rings. The highest BCUT2D eigenvalue weighted by molar-refractivity contribution is 6.21. The first kappa shape index (κ1) is 29.7. The van der Waals surface area contributed by atoms with Gasteiger partial charge in [-0.05, 0) is 74.8 Å². The van der Waals surface area contributed by atoms with Gasteiger partial charge in [-0.2, -0.15) is 0 Å². The van der Waals surface area contributed by atoms with E-state index in [2.05, 4.69) is 4.90 Å². The number of carboxylic acids is 2. The molecular formula is C32H34N2O11. The lowest BCUT2D eigenvalue weighted by atomic mass is 9.48. The van der Waals surface area contributed by atoms with Gasteiger partial charge >= 0.3 is 11.9 Å². The maximum absolute atomic E-state index is 13.5. The van der Waals surface area contributed by atoms with Gasteiger partial charge in [0.1, 0.15) is 6.10 Å². The number of likely N-dealkylation sites (tertiary alicyclic amines) is 1. The van der Waals surface area contributed by atoms with Crippen LogP contribution in [0.1, 0.15) is 63.9 Å². The number of aliphatic hydroxyl groups excluding tert-OH is 2. The Morgan fingerprint density at radius 3 is 2.13 bits per heavy atom. The number of nitrogens with zero attached hydrogens (tertiary/aromatic N) is 2. The summed E-state index contributed by atoms with van der Waals surface area (Å²) in [6.45, 7) is 1.85. The van der Waals surface area contributed by atoms with Gasteiger partial charge in [0.25, 0.3) is 11.8 Å². The molecule has 13 nitrogen and oxygen atoms in total. The highest BCUT2D eigenvalue weighted by Gasteiger charge is 2.74. The van der Waals surface area contributed by atoms with Crippen molar-refractivity contribution in [3.63, 3.8) is 0 Å². The zero-order valence-corrected chi connectivity index (χ0v) is 24.2. The van der Waals surface area contributed by atoms with E-state index in [1.807, 2.05) is 6.07 Å². The summed E-state index contributed by atoms with van der Waals surface area (Å²) in [5, 5.41) is 55.9. The Kier molecular flexibility index (Phi) is 6.75. The van der Waals surface area contributed by atoms with E-state index >= 15 is 0 Å². The minimum Gasteiger partial charge on any atom is -0.504 e. The van der Waals surface area contributed by atoms with Crippen molar-refractivity contribution in [1.82, 2.24) is 9.80 Å². The topological polar surface area (TPSA) is 205 Å². The minimum atomic E-state index is -2.27. The van der Waals surface area contributed by atoms with Crippen LogP contribution < -0.4 is 4.74 Å². The summed E-state index contributed by atoms with van der Waals surface area (Å²) in [5.41, 5.74) is 1.09. The number of aliphatic carboxylic acids is 2. The van der Waals surface area contributed by atoms with E-state index in [4.69, 9.17) is 25.2 Å². The summed E-state index contributed by atoms with van der Waals surface area (Å²) in [7, 11) is 0. The molecule has 8 rings (SSSR count). The second-order valence-electron chi connectivity index (χ2n) is 13.0. The molecule has 2 aromatic carbocycles. The Morgan fingerprint density at radius 2 is 1.56 bits per heavy atom. The molecule has 2 amide bonds. The maximum atomic E-state index is 13.5. The molecular weight excluding hydrogens is 588 g/mol. The van der Waals surface area contributed by atoms with Gasteiger partial charge in [0, 0.05) is 18.2 Å². The molecule has 3 fully saturated rings. The molecule has 3 aliphatic heterocycles. The highest BCUT2D eigenvalue weighted by Crippen LogP contribution is 2.66. The molecule has 2 aromatic rings. The summed E-state index contributed by atoms with van der Waals surface area (Å²) in [4.78, 5) is 50.3. The van der Waals surface area contributed by atoms with E-state index in [0.717, 1.165) is 36.6 Å². The number of hydrogen-bond acceptors (Lipinski definition) is 10. The number of fused-ring (bicyclic) bond motifs is 1. The molecule has 3 heterocycles. The van der Waals surface area contributed by atoms with E-state index in [1.165, 1.54) is 17.7 Å². The summed E-state index contributed by atoms with van der Waals surface area (Å²) < 4.78 is 6.55. The Hall–Kier alpha value is -4.04. The Bertz CT molecular complexity index is 1570. The van der Waals surface area contributed by atoms with Crippen molar-refractivity contribution in [2.24, 2.45) is 5.92 Å². The number of rotatable bonds is 6. The molecule has 0 aromatic heterocycles. The van der Waals surface area contributed by atoms with Crippen molar-refractivity contribution in [3.8, 4) is 11.5 Å². The second kappa shape index (κ2) is 10.2. The van der Waals surface area contributed by atoms with Crippen molar-refractivity contribution < 1.29 is 54.6 Å². The third-order valence-electron chi connectivity index (χ3n) is 10.7. The summed E-state index contributed by atoms with van der Waals surface area (Å²) in [5.74, 6) is -2.90. The van der Waals surface area contributed by atoms with E-state index in [1.54, 1.807) is 30.3 Å². The van der Waals surface area contributed by atoms with Crippen LogP contribution in [0.4, 0.5) is 0 Å². The fourth-order valence-corrected chi connectivity index (χ4v) is 8.50. The molecule has 6 N–H and O–H groups in total. The zero-order valence-electron chi connectivity index (χ0n) is 24.2. The number of amides is 2. The summed E-state index contributed by atoms with van der Waals surface area (Å²) in [6.07, 6.45) is -0.227. The van der Waals surface area contributed by atoms with Crippen molar-refractivity contribution >= 4 is 23.8 Å². The van der Waals surface area contributed by atoms with Gasteiger partial charge < -0.3 is 35.4 Å². The second-order valence-corrected chi connectivity index (χ2v) is 13.0. The SMILES string of the molecule is O=C(O)C(O)C(O)C(=O)O.O=C1c2ccccc2C(=O)N1[C@H]1CC[C@@]2(O)[C@H]3Cc4ccc(O)c5c4[C@@]2(CCN3CC2CC2)[C@@H]1O5. The average Bonchev–Trinajstić information content (AvgIpc) is 3.71. The number of ether oxygens (including phenoxy) is 1. The van der Waals surface area contributed by atoms with Gasteiger partial charge in [-0.1, -0.05) is 18.2 Å². The van der Waals surface area contributed by atoms with Gasteiger partial charge in [0.2, 0.25) is 0 Å². The van der Waals surface area contributed by atoms with Crippen molar-refractivity contribution in [1.29, 1.82) is 0 Å². The predicted octanol–water partition coefficient (Wildman–Crippen LogP) is 0.499. The Balaban J connectivity index is 0.000000284. The van der Waals surface area contributed by atoms with Crippen molar-refractivity contribution in [2.75, 3.05) is 13.1 Å². The van der Waals surface area contributed by atoms with Crippen LogP contribution in [0.15, 0.2) is 36.4 Å². The number of aliphatic hydroxyl groups is 3. The van der Waals surface area contributed by atoms with Gasteiger partial charge in [0.05, 0.1) is 28.2 Å². The standard InChI is InChI=1S/C28H28N2O5.C4H6O6/c31-20-8-7-16-13-21-28(34)10-9-19(30-25(32)17-3-1-2-4-18(17)26(30)33)24-27(28,22(16)23(20)35-24)11-12-29(21)14-15-5-6-15;5-1(3(7)8)2(6)4(9)10/h1-4,7-8,15,19,21,24,31,34H,5-6,9-14H2;1-2,5-6H,(H,7,8)(H,9,10)/t19-,21+,24+,27-,28+;/m0./s1. The molecule has 3 aliphatic carbocycles. The third kappa shape index (κ3) is 4.14. The van der Waals surface area contributed by atoms with Crippen LogP contribution in [0, 0.1) is 5.92 Å². The van der Waals surface area contributed by atoms with Crippen LogP contribution in [-0.4, -0.2) is 113 Å². The highest BCUT2D eigenvalue weighted by atomic mass is 16.5. The number of benzene rings is 2. The van der Waals surface area contributed by atoms with Crippen molar-refractivity contribution in [3.05, 3.63) is 58.7 Å². The smallest absolute Gasteiger partial charge is 0.335 e. The van der Waals surface area contributed by atoms with Crippen LogP contribution in [0.25, 0.3) is 0 Å². The lowest BCUT2D eigenvalue weighted by Gasteiger charge is -2.64. The number of phenols is 1. The molecule has 45 heavy (non-hydrogen) atoms. The van der Waals surface area contributed by atoms with Gasteiger partial charge in [-0.15, -0.1) is 0 Å². The van der Waals surface area contributed by atoms with E-state index in [9.17, 15) is 29.4 Å². The quantitative estimate of drug-likeness (QED) is 0.244. The number of imide groups is 1. The summed E-state index contributed by atoms with van der Waals surface area (Å²) in [6, 6.07) is 10.1. The number of carbonyl (C=O) groups excluding carboxylic acids is 2. The molecule has 2 bridgehead atoms. The van der Waals surface area contributed by atoms with Gasteiger partial charge in [0.15, 0.2) is 23.7 Å². The molecule has 1 saturated heterocycles. The molecule has 1 spiro atoms. The van der Waals surface area contributed by atoms with Crippen LogP contribution in [-0.2, 0) is 21.4 Å². The molecule has 2 saturated carbocycles. The van der Waals surface area contributed by atoms with Crippen LogP contribution >= 0.6 is 0 Å². The van der Waals surface area contributed by atoms with E-state index in [-0.39, 0.29) is 23.6 Å². The van der Waals surface area contributed by atoms with Crippen LogP contribution in [0.5, 0.6) is 11.5 Å². The molecule has 13 heteroatoms. The predicted molar refractivity (Wildman–Crippen MR) is 153 cm³/mol. The molecule has 238 valence electrons. The fourth-order valence-electron chi connectivity index (χ4n) is 8.50. The molecule has 0 radical (unpaired) electrons. The molecule has 7 atom stereocenters. The average molecular weight is 623 g/mol. The van der Waals surface area contributed by atoms with E-state index < -0.39 is 47.3 Å². The Morgan fingerprint density at radius 1 is 0.933 bits per heavy atom. The summed E-state index contributed by atoms with van der Waals surface area (Å²) >= 11 is 0. The fraction of sp³-hybridized carbons (Fsp3) is 0.500. The number of phenolic OH excluding ortho intramolecular Hbond substituents is 1. The Labute approximate surface area is 257 Å². The number of aromatic hydroxyl groups is 1. The molecule has 2 unspecified atom stereocenters. The lowest BCUT2D eigenvalue weighted by Crippen LogP contribution is -2.78. The van der Waals surface area contributed by atoms with E-state index in [0.29, 0.717) is 36.1 Å². The number of carbonyl (C=O) groups is 4. The lowest BCUT2D eigenvalue weighted by molar-refractivity contribution is -0.196. The number of piperidine rings is 1. The van der Waals surface area contributed by atoms with Gasteiger partial charge in [-0.25, -0.2) is 9.59 Å². The number of hydrogen-bond donors (Lipinski definition) is 6. The largest absolute Gasteiger partial charge is 0.504 e. The maximum Gasteiger partial charge on any atom is 0.335 e. The van der Waals surface area contributed by atoms with Crippen LogP contribution in [0.2, 0.25) is 0 Å². The first-order valence-corrected chi connectivity index (χ1v) is 15.2. The first-order valence-electron chi connectivity index (χ1n) is 15.2. The van der Waals surface area contributed by atoms with Crippen molar-refractivity contribution in [2.45, 2.75) is 79.9 Å². The monoisotopic (exact) mass is 622 g/mol. The first-order chi connectivity index (χ1) is 21.4. The zero-order chi connectivity index (χ0) is 32.0. The third-order valence-corrected chi connectivity index (χ3v) is 10.7. The minimum absolute atomic E-state index is 0.0333.